The number of aliphatic hydroxyl groups is 1. The van der Waals surface area contributed by atoms with Gasteiger partial charge in [-0.05, 0) is 41.8 Å². The highest BCUT2D eigenvalue weighted by Gasteiger charge is 2.13. The van der Waals surface area contributed by atoms with Gasteiger partial charge in [-0.1, -0.05) is 30.3 Å². The summed E-state index contributed by atoms with van der Waals surface area (Å²) in [6.07, 6.45) is 0.787. The van der Waals surface area contributed by atoms with E-state index in [0.29, 0.717) is 18.7 Å². The smallest absolute Gasteiger partial charge is 0.159 e. The molecule has 0 aliphatic rings. The summed E-state index contributed by atoms with van der Waals surface area (Å²) in [7, 11) is 1.57. The van der Waals surface area contributed by atoms with Crippen LogP contribution in [0.4, 0.5) is 8.78 Å². The van der Waals surface area contributed by atoms with Gasteiger partial charge >= 0.3 is 0 Å². The molecule has 124 valence electrons. The van der Waals surface area contributed by atoms with Gasteiger partial charge in [-0.3, -0.25) is 0 Å². The standard InChI is InChI=1S/C18H21F2NO2/c1-23-12-18(15-6-7-16(19)17(20)10-15)21-9-8-13-2-4-14(11-22)5-3-13/h2-7,10,18,21-22H,8-9,11-12H2,1H3. The summed E-state index contributed by atoms with van der Waals surface area (Å²) in [5.74, 6) is -1.71. The lowest BCUT2D eigenvalue weighted by Gasteiger charge is -2.18. The number of nitrogens with one attached hydrogen (secondary N) is 1. The maximum absolute atomic E-state index is 13.4. The predicted octanol–water partition coefficient (Wildman–Crippen LogP) is 2.98. The lowest BCUT2D eigenvalue weighted by atomic mass is 10.1. The van der Waals surface area contributed by atoms with Crippen molar-refractivity contribution >= 4 is 0 Å². The van der Waals surface area contributed by atoms with E-state index in [1.165, 1.54) is 6.07 Å². The van der Waals surface area contributed by atoms with E-state index in [2.05, 4.69) is 5.32 Å². The zero-order chi connectivity index (χ0) is 16.7. The molecule has 3 nitrogen and oxygen atoms in total. The Morgan fingerprint density at radius 1 is 1.04 bits per heavy atom. The predicted molar refractivity (Wildman–Crippen MR) is 85.0 cm³/mol. The minimum atomic E-state index is -0.856. The van der Waals surface area contributed by atoms with Crippen LogP contribution >= 0.6 is 0 Å². The van der Waals surface area contributed by atoms with Gasteiger partial charge in [-0.15, -0.1) is 0 Å². The Hall–Kier alpha value is -1.82. The minimum absolute atomic E-state index is 0.0323. The lowest BCUT2D eigenvalue weighted by molar-refractivity contribution is 0.167. The molecule has 2 aromatic rings. The quantitative estimate of drug-likeness (QED) is 0.785. The van der Waals surface area contributed by atoms with E-state index in [-0.39, 0.29) is 12.6 Å². The lowest BCUT2D eigenvalue weighted by Crippen LogP contribution is -2.27. The second-order valence-corrected chi connectivity index (χ2v) is 5.36. The van der Waals surface area contributed by atoms with Crippen molar-refractivity contribution < 1.29 is 18.6 Å². The molecular formula is C18H21F2NO2. The molecule has 23 heavy (non-hydrogen) atoms. The maximum Gasteiger partial charge on any atom is 0.159 e. The van der Waals surface area contributed by atoms with Gasteiger partial charge in [0.1, 0.15) is 0 Å². The summed E-state index contributed by atoms with van der Waals surface area (Å²) < 4.78 is 31.6. The Labute approximate surface area is 134 Å². The molecular weight excluding hydrogens is 300 g/mol. The Balaban J connectivity index is 1.94. The molecule has 0 amide bonds. The summed E-state index contributed by atoms with van der Waals surface area (Å²) in [5, 5.41) is 12.3. The molecule has 0 aromatic heterocycles. The highest BCUT2D eigenvalue weighted by Crippen LogP contribution is 2.17. The van der Waals surface area contributed by atoms with Crippen molar-refractivity contribution in [1.82, 2.24) is 5.32 Å². The molecule has 0 aliphatic carbocycles. The van der Waals surface area contributed by atoms with Crippen LogP contribution < -0.4 is 5.32 Å². The van der Waals surface area contributed by atoms with E-state index in [1.54, 1.807) is 13.2 Å². The molecule has 0 saturated heterocycles. The molecule has 2 aromatic carbocycles. The largest absolute Gasteiger partial charge is 0.392 e. The fourth-order valence-electron chi connectivity index (χ4n) is 2.37. The third kappa shape index (κ3) is 5.10. The third-order valence-corrected chi connectivity index (χ3v) is 3.69. The molecule has 1 atom stereocenters. The van der Waals surface area contributed by atoms with Crippen molar-refractivity contribution in [1.29, 1.82) is 0 Å². The number of ether oxygens (including phenoxy) is 1. The molecule has 0 radical (unpaired) electrons. The highest BCUT2D eigenvalue weighted by molar-refractivity contribution is 5.23. The first-order chi connectivity index (χ1) is 11.1. The number of hydrogen-bond acceptors (Lipinski definition) is 3. The van der Waals surface area contributed by atoms with Gasteiger partial charge in [0.2, 0.25) is 0 Å². The molecule has 0 aliphatic heterocycles. The number of hydrogen-bond donors (Lipinski definition) is 2. The van der Waals surface area contributed by atoms with Crippen LogP contribution in [0.15, 0.2) is 42.5 Å². The Kier molecular flexibility index (Phi) is 6.65. The van der Waals surface area contributed by atoms with Crippen molar-refractivity contribution in [2.24, 2.45) is 0 Å². The normalized spacial score (nSPS) is 12.3. The molecule has 5 heteroatoms. The Bertz CT molecular complexity index is 617. The number of halogens is 2. The third-order valence-electron chi connectivity index (χ3n) is 3.69. The van der Waals surface area contributed by atoms with Crippen LogP contribution in [0.5, 0.6) is 0 Å². The SMILES string of the molecule is COCC(NCCc1ccc(CO)cc1)c1ccc(F)c(F)c1. The monoisotopic (exact) mass is 321 g/mol. The number of benzene rings is 2. The summed E-state index contributed by atoms with van der Waals surface area (Å²) in [4.78, 5) is 0. The van der Waals surface area contributed by atoms with Crippen LogP contribution in [0.2, 0.25) is 0 Å². The fourth-order valence-corrected chi connectivity index (χ4v) is 2.37. The zero-order valence-electron chi connectivity index (χ0n) is 13.1. The van der Waals surface area contributed by atoms with Gasteiger partial charge in [0, 0.05) is 7.11 Å². The molecule has 2 N–H and O–H groups in total. The van der Waals surface area contributed by atoms with Gasteiger partial charge in [0.25, 0.3) is 0 Å². The average Bonchev–Trinajstić information content (AvgIpc) is 2.57. The van der Waals surface area contributed by atoms with E-state index in [0.717, 1.165) is 23.6 Å². The van der Waals surface area contributed by atoms with Crippen LogP contribution in [0.3, 0.4) is 0 Å². The van der Waals surface area contributed by atoms with Crippen molar-refractivity contribution in [3.63, 3.8) is 0 Å². The first-order valence-corrected chi connectivity index (χ1v) is 7.50. The van der Waals surface area contributed by atoms with Gasteiger partial charge in [0.15, 0.2) is 11.6 Å². The van der Waals surface area contributed by atoms with Crippen molar-refractivity contribution in [2.45, 2.75) is 19.1 Å². The number of rotatable bonds is 8. The Morgan fingerprint density at radius 3 is 2.35 bits per heavy atom. The van der Waals surface area contributed by atoms with Gasteiger partial charge in [-0.25, -0.2) is 8.78 Å². The molecule has 0 spiro atoms. The number of methoxy groups -OCH3 is 1. The van der Waals surface area contributed by atoms with E-state index < -0.39 is 11.6 Å². The average molecular weight is 321 g/mol. The summed E-state index contributed by atoms with van der Waals surface area (Å²) in [5.41, 5.74) is 2.67. The van der Waals surface area contributed by atoms with Crippen LogP contribution in [0.25, 0.3) is 0 Å². The van der Waals surface area contributed by atoms with Crippen LogP contribution in [0, 0.1) is 11.6 Å². The molecule has 0 saturated carbocycles. The molecule has 2 rings (SSSR count). The fraction of sp³-hybridized carbons (Fsp3) is 0.333. The Morgan fingerprint density at radius 2 is 1.74 bits per heavy atom. The molecule has 0 bridgehead atoms. The van der Waals surface area contributed by atoms with Gasteiger partial charge < -0.3 is 15.2 Å². The highest BCUT2D eigenvalue weighted by atomic mass is 19.2. The second kappa shape index (κ2) is 8.72. The van der Waals surface area contributed by atoms with Gasteiger partial charge in [-0.2, -0.15) is 0 Å². The second-order valence-electron chi connectivity index (χ2n) is 5.36. The molecule has 0 fully saturated rings. The number of aliphatic hydroxyl groups excluding tert-OH is 1. The summed E-state index contributed by atoms with van der Waals surface area (Å²) in [6.45, 7) is 1.07. The molecule has 1 unspecified atom stereocenters. The van der Waals surface area contributed by atoms with Crippen LogP contribution in [0.1, 0.15) is 22.7 Å². The van der Waals surface area contributed by atoms with Gasteiger partial charge in [0.05, 0.1) is 19.3 Å². The van der Waals surface area contributed by atoms with Crippen LogP contribution in [-0.4, -0.2) is 25.4 Å². The summed E-state index contributed by atoms with van der Waals surface area (Å²) >= 11 is 0. The first-order valence-electron chi connectivity index (χ1n) is 7.50. The van der Waals surface area contributed by atoms with Crippen molar-refractivity contribution in [3.05, 3.63) is 70.8 Å². The maximum atomic E-state index is 13.4. The van der Waals surface area contributed by atoms with E-state index in [4.69, 9.17) is 9.84 Å². The van der Waals surface area contributed by atoms with Crippen molar-refractivity contribution in [2.75, 3.05) is 20.3 Å². The topological polar surface area (TPSA) is 41.5 Å². The van der Waals surface area contributed by atoms with Crippen molar-refractivity contribution in [3.8, 4) is 0 Å². The molecule has 0 heterocycles. The first kappa shape index (κ1) is 17.5. The van der Waals surface area contributed by atoms with E-state index in [9.17, 15) is 8.78 Å². The minimum Gasteiger partial charge on any atom is -0.392 e. The van der Waals surface area contributed by atoms with E-state index in [1.807, 2.05) is 24.3 Å². The van der Waals surface area contributed by atoms with E-state index >= 15 is 0 Å². The van der Waals surface area contributed by atoms with Crippen LogP contribution in [-0.2, 0) is 17.8 Å². The zero-order valence-corrected chi connectivity index (χ0v) is 13.1. The summed E-state index contributed by atoms with van der Waals surface area (Å²) in [6, 6.07) is 11.4.